The van der Waals surface area contributed by atoms with Gasteiger partial charge in [-0.15, -0.1) is 0 Å². The zero-order chi connectivity index (χ0) is 14.6. The molecule has 0 saturated carbocycles. The lowest BCUT2D eigenvalue weighted by Crippen LogP contribution is -2.47. The maximum absolute atomic E-state index is 13.6. The summed E-state index contributed by atoms with van der Waals surface area (Å²) in [6.45, 7) is 5.26. The van der Waals surface area contributed by atoms with Gasteiger partial charge in [-0.3, -0.25) is 4.79 Å². The van der Waals surface area contributed by atoms with Gasteiger partial charge < -0.3 is 11.1 Å². The minimum absolute atomic E-state index is 0.147. The van der Waals surface area contributed by atoms with Gasteiger partial charge in [0.15, 0.2) is 0 Å². The molecule has 2 atom stereocenters. The minimum atomic E-state index is -0.908. The molecule has 0 radical (unpaired) electrons. The van der Waals surface area contributed by atoms with Gasteiger partial charge in [0.25, 0.3) is 0 Å². The standard InChI is InChI=1S/C14H19FN2OS/c1-4-14(3,12(16)19)13(18)17-9(2)10-7-5-6-8-11(10)15/h5-9H,4H2,1-3H3,(H2,16,19)(H,17,18). The number of halogens is 1. The van der Waals surface area contributed by atoms with Gasteiger partial charge in [0, 0.05) is 5.56 Å². The maximum Gasteiger partial charge on any atom is 0.233 e. The Labute approximate surface area is 118 Å². The van der Waals surface area contributed by atoms with Crippen molar-refractivity contribution in [2.75, 3.05) is 0 Å². The number of benzene rings is 1. The molecule has 3 nitrogen and oxygen atoms in total. The van der Waals surface area contributed by atoms with E-state index in [2.05, 4.69) is 5.32 Å². The third kappa shape index (κ3) is 3.29. The molecule has 2 unspecified atom stereocenters. The lowest BCUT2D eigenvalue weighted by Gasteiger charge is -2.27. The van der Waals surface area contributed by atoms with Gasteiger partial charge in [-0.2, -0.15) is 0 Å². The first kappa shape index (κ1) is 15.6. The predicted molar refractivity (Wildman–Crippen MR) is 78.1 cm³/mol. The molecule has 3 N–H and O–H groups in total. The monoisotopic (exact) mass is 282 g/mol. The molecular weight excluding hydrogens is 263 g/mol. The average Bonchev–Trinajstić information content (AvgIpc) is 2.37. The van der Waals surface area contributed by atoms with E-state index in [0.717, 1.165) is 0 Å². The van der Waals surface area contributed by atoms with Crippen LogP contribution in [0.2, 0.25) is 0 Å². The van der Waals surface area contributed by atoms with Crippen LogP contribution in [0, 0.1) is 11.2 Å². The zero-order valence-corrected chi connectivity index (χ0v) is 12.2. The summed E-state index contributed by atoms with van der Waals surface area (Å²) in [5.41, 5.74) is 5.16. The van der Waals surface area contributed by atoms with Crippen molar-refractivity contribution in [3.63, 3.8) is 0 Å². The highest BCUT2D eigenvalue weighted by Crippen LogP contribution is 2.24. The van der Waals surface area contributed by atoms with Crippen LogP contribution in [0.5, 0.6) is 0 Å². The molecule has 19 heavy (non-hydrogen) atoms. The van der Waals surface area contributed by atoms with Gasteiger partial charge in [0.2, 0.25) is 5.91 Å². The highest BCUT2D eigenvalue weighted by atomic mass is 32.1. The Morgan fingerprint density at radius 1 is 1.53 bits per heavy atom. The van der Waals surface area contributed by atoms with Crippen LogP contribution in [0.15, 0.2) is 24.3 Å². The van der Waals surface area contributed by atoms with Crippen LogP contribution < -0.4 is 11.1 Å². The van der Waals surface area contributed by atoms with Crippen molar-refractivity contribution in [2.24, 2.45) is 11.1 Å². The molecule has 1 aromatic rings. The number of carbonyl (C=O) groups excluding carboxylic acids is 1. The summed E-state index contributed by atoms with van der Waals surface area (Å²) in [6, 6.07) is 5.91. The number of nitrogens with one attached hydrogen (secondary N) is 1. The number of hydrogen-bond acceptors (Lipinski definition) is 2. The molecule has 0 saturated heterocycles. The fourth-order valence-electron chi connectivity index (χ4n) is 1.71. The number of nitrogens with two attached hydrogens (primary N) is 1. The number of amides is 1. The van der Waals surface area contributed by atoms with Crippen LogP contribution in [0.4, 0.5) is 4.39 Å². The van der Waals surface area contributed by atoms with Crippen LogP contribution in [0.25, 0.3) is 0 Å². The summed E-state index contributed by atoms with van der Waals surface area (Å²) >= 11 is 4.94. The van der Waals surface area contributed by atoms with Crippen LogP contribution in [-0.4, -0.2) is 10.9 Å². The quantitative estimate of drug-likeness (QED) is 0.816. The number of rotatable bonds is 5. The second-order valence-corrected chi connectivity index (χ2v) is 5.21. The van der Waals surface area contributed by atoms with Crippen LogP contribution in [0.1, 0.15) is 38.8 Å². The van der Waals surface area contributed by atoms with Crippen molar-refractivity contribution in [1.29, 1.82) is 0 Å². The number of hydrogen-bond donors (Lipinski definition) is 2. The largest absolute Gasteiger partial charge is 0.392 e. The van der Waals surface area contributed by atoms with E-state index in [4.69, 9.17) is 18.0 Å². The Morgan fingerprint density at radius 3 is 2.58 bits per heavy atom. The van der Waals surface area contributed by atoms with E-state index < -0.39 is 11.5 Å². The van der Waals surface area contributed by atoms with Crippen molar-refractivity contribution in [3.8, 4) is 0 Å². The summed E-state index contributed by atoms with van der Waals surface area (Å²) in [4.78, 5) is 12.4. The van der Waals surface area contributed by atoms with E-state index in [9.17, 15) is 9.18 Å². The summed E-state index contributed by atoms with van der Waals surface area (Å²) < 4.78 is 13.6. The molecule has 0 heterocycles. The summed E-state index contributed by atoms with van der Waals surface area (Å²) in [7, 11) is 0. The fourth-order valence-corrected chi connectivity index (χ4v) is 1.94. The molecule has 1 amide bonds. The van der Waals surface area contributed by atoms with Gasteiger partial charge in [0.1, 0.15) is 5.82 Å². The maximum atomic E-state index is 13.6. The zero-order valence-electron chi connectivity index (χ0n) is 11.4. The molecule has 1 rings (SSSR count). The summed E-state index contributed by atoms with van der Waals surface area (Å²) in [5, 5.41) is 2.76. The van der Waals surface area contributed by atoms with Crippen molar-refractivity contribution in [3.05, 3.63) is 35.6 Å². The molecular formula is C14H19FN2OS. The SMILES string of the molecule is CCC(C)(C(=O)NC(C)c1ccccc1F)C(N)=S. The second-order valence-electron chi connectivity index (χ2n) is 4.77. The lowest BCUT2D eigenvalue weighted by atomic mass is 9.86. The molecule has 0 aliphatic heterocycles. The number of thiocarbonyl (C=S) groups is 1. The molecule has 0 bridgehead atoms. The van der Waals surface area contributed by atoms with Crippen LogP contribution in [0.3, 0.4) is 0 Å². The molecule has 1 aromatic carbocycles. The Kier molecular flexibility index (Phi) is 5.00. The molecule has 0 aliphatic rings. The van der Waals surface area contributed by atoms with Crippen molar-refractivity contribution in [1.82, 2.24) is 5.32 Å². The smallest absolute Gasteiger partial charge is 0.233 e. The van der Waals surface area contributed by atoms with Crippen molar-refractivity contribution >= 4 is 23.1 Å². The Bertz CT molecular complexity index is 492. The first-order valence-electron chi connectivity index (χ1n) is 6.18. The Hall–Kier alpha value is -1.49. The number of carbonyl (C=O) groups is 1. The molecule has 5 heteroatoms. The molecule has 104 valence electrons. The Balaban J connectivity index is 2.88. The van der Waals surface area contributed by atoms with E-state index in [-0.39, 0.29) is 16.7 Å². The van der Waals surface area contributed by atoms with Gasteiger partial charge in [-0.25, -0.2) is 4.39 Å². The van der Waals surface area contributed by atoms with Gasteiger partial charge in [-0.1, -0.05) is 37.3 Å². The topological polar surface area (TPSA) is 55.1 Å². The van der Waals surface area contributed by atoms with Crippen LogP contribution in [-0.2, 0) is 4.79 Å². The first-order chi connectivity index (χ1) is 8.82. The molecule has 0 spiro atoms. The second kappa shape index (κ2) is 6.10. The summed E-state index contributed by atoms with van der Waals surface area (Å²) in [6.07, 6.45) is 0.498. The molecule has 0 fully saturated rings. The van der Waals surface area contributed by atoms with Gasteiger partial charge in [-0.05, 0) is 26.3 Å². The van der Waals surface area contributed by atoms with Crippen molar-refractivity contribution < 1.29 is 9.18 Å². The summed E-state index contributed by atoms with van der Waals surface area (Å²) in [5.74, 6) is -0.623. The Morgan fingerprint density at radius 2 is 2.11 bits per heavy atom. The molecule has 0 aliphatic carbocycles. The highest BCUT2D eigenvalue weighted by molar-refractivity contribution is 7.80. The van der Waals surface area contributed by atoms with E-state index in [1.54, 1.807) is 32.0 Å². The van der Waals surface area contributed by atoms with Gasteiger partial charge >= 0.3 is 0 Å². The fraction of sp³-hybridized carbons (Fsp3) is 0.429. The normalized spacial score (nSPS) is 15.4. The highest BCUT2D eigenvalue weighted by Gasteiger charge is 2.35. The molecule has 0 aromatic heterocycles. The minimum Gasteiger partial charge on any atom is -0.392 e. The average molecular weight is 282 g/mol. The third-order valence-corrected chi connectivity index (χ3v) is 3.92. The third-order valence-electron chi connectivity index (χ3n) is 3.47. The van der Waals surface area contributed by atoms with Gasteiger partial charge in [0.05, 0.1) is 16.4 Å². The lowest BCUT2D eigenvalue weighted by molar-refractivity contribution is -0.127. The first-order valence-corrected chi connectivity index (χ1v) is 6.59. The van der Waals surface area contributed by atoms with E-state index in [1.165, 1.54) is 6.07 Å². The van der Waals surface area contributed by atoms with Crippen molar-refractivity contribution in [2.45, 2.75) is 33.2 Å². The van der Waals surface area contributed by atoms with E-state index >= 15 is 0 Å². The van der Waals surface area contributed by atoms with E-state index in [1.807, 2.05) is 6.92 Å². The van der Waals surface area contributed by atoms with E-state index in [0.29, 0.717) is 12.0 Å². The predicted octanol–water partition coefficient (Wildman–Crippen LogP) is 2.71. The van der Waals surface area contributed by atoms with Crippen LogP contribution >= 0.6 is 12.2 Å².